The van der Waals surface area contributed by atoms with Crippen molar-refractivity contribution in [1.29, 1.82) is 0 Å². The number of benzene rings is 1. The molecule has 0 atom stereocenters. The summed E-state index contributed by atoms with van der Waals surface area (Å²) >= 11 is 0. The largest absolute Gasteiger partial charge is 0.399 e. The summed E-state index contributed by atoms with van der Waals surface area (Å²) in [4.78, 5) is 1.81. The van der Waals surface area contributed by atoms with Gasteiger partial charge in [0.1, 0.15) is 0 Å². The lowest BCUT2D eigenvalue weighted by Gasteiger charge is -2.16. The Bertz CT molecular complexity index is 415. The van der Waals surface area contributed by atoms with Crippen LogP contribution in [0.2, 0.25) is 0 Å². The molecular formula is C9H12N2O2S. The summed E-state index contributed by atoms with van der Waals surface area (Å²) in [5.74, 6) is 0. The van der Waals surface area contributed by atoms with E-state index in [1.807, 2.05) is 24.1 Å². The fraction of sp³-hybridized carbons (Fsp3) is 0.222. The lowest BCUT2D eigenvalue weighted by molar-refractivity contribution is 0.627. The van der Waals surface area contributed by atoms with Gasteiger partial charge in [-0.15, -0.1) is 0 Å². The van der Waals surface area contributed by atoms with E-state index >= 15 is 0 Å². The number of rotatable bonds is 3. The molecule has 0 aliphatic heterocycles. The van der Waals surface area contributed by atoms with Gasteiger partial charge in [-0.1, -0.05) is 0 Å². The molecular weight excluding hydrogens is 200 g/mol. The van der Waals surface area contributed by atoms with E-state index in [1.54, 1.807) is 12.1 Å². The highest BCUT2D eigenvalue weighted by Gasteiger charge is 1.97. The normalized spacial score (nSPS) is 9.50. The molecule has 0 aliphatic rings. The van der Waals surface area contributed by atoms with Gasteiger partial charge >= 0.3 is 0 Å². The van der Waals surface area contributed by atoms with Crippen LogP contribution >= 0.6 is 0 Å². The van der Waals surface area contributed by atoms with Crippen molar-refractivity contribution in [2.24, 2.45) is 0 Å². The highest BCUT2D eigenvalue weighted by Crippen LogP contribution is 2.13. The molecule has 0 heterocycles. The van der Waals surface area contributed by atoms with E-state index < -0.39 is 10.3 Å². The Balaban J connectivity index is 2.74. The minimum Gasteiger partial charge on any atom is -0.399 e. The monoisotopic (exact) mass is 212 g/mol. The minimum atomic E-state index is -2.11. The number of nitrogen functional groups attached to an aromatic ring is 1. The molecule has 0 spiro atoms. The van der Waals surface area contributed by atoms with Crippen LogP contribution in [-0.4, -0.2) is 27.4 Å². The first-order valence-corrected chi connectivity index (χ1v) is 5.21. The lowest BCUT2D eigenvalue weighted by atomic mass is 10.2. The third kappa shape index (κ3) is 3.10. The predicted molar refractivity (Wildman–Crippen MR) is 59.1 cm³/mol. The Hall–Kier alpha value is -1.49. The zero-order chi connectivity index (χ0) is 10.6. The van der Waals surface area contributed by atoms with E-state index in [0.29, 0.717) is 12.2 Å². The molecule has 76 valence electrons. The molecule has 0 radical (unpaired) electrons. The Morgan fingerprint density at radius 2 is 1.93 bits per heavy atom. The maximum Gasteiger partial charge on any atom is 0.211 e. The molecule has 0 bridgehead atoms. The predicted octanol–water partition coefficient (Wildman–Crippen LogP) is 0.386. The van der Waals surface area contributed by atoms with Crippen LogP contribution in [0.3, 0.4) is 0 Å². The van der Waals surface area contributed by atoms with E-state index in [9.17, 15) is 8.42 Å². The van der Waals surface area contributed by atoms with Gasteiger partial charge in [-0.25, -0.2) is 0 Å². The lowest BCUT2D eigenvalue weighted by Crippen LogP contribution is -2.19. The molecule has 1 rings (SSSR count). The Morgan fingerprint density at radius 1 is 1.36 bits per heavy atom. The highest BCUT2D eigenvalue weighted by atomic mass is 32.2. The van der Waals surface area contributed by atoms with Crippen molar-refractivity contribution < 1.29 is 8.42 Å². The van der Waals surface area contributed by atoms with Gasteiger partial charge < -0.3 is 10.6 Å². The van der Waals surface area contributed by atoms with Crippen LogP contribution < -0.4 is 10.6 Å². The van der Waals surface area contributed by atoms with E-state index in [0.717, 1.165) is 5.69 Å². The zero-order valence-electron chi connectivity index (χ0n) is 7.84. The maximum atomic E-state index is 10.3. The number of hydrogen-bond donors (Lipinski definition) is 1. The Labute approximate surface area is 84.5 Å². The van der Waals surface area contributed by atoms with Crippen LogP contribution in [-0.2, 0) is 10.3 Å². The van der Waals surface area contributed by atoms with E-state index in [2.05, 4.69) is 0 Å². The average Bonchev–Trinajstić information content (AvgIpc) is 2.15. The number of anilines is 2. The molecule has 14 heavy (non-hydrogen) atoms. The first kappa shape index (κ1) is 10.6. The fourth-order valence-corrected chi connectivity index (χ4v) is 1.35. The van der Waals surface area contributed by atoms with Crippen molar-refractivity contribution in [3.05, 3.63) is 24.3 Å². The van der Waals surface area contributed by atoms with Crippen LogP contribution in [0.15, 0.2) is 24.3 Å². The molecule has 0 saturated carbocycles. The van der Waals surface area contributed by atoms with Crippen LogP contribution in [0.25, 0.3) is 0 Å². The van der Waals surface area contributed by atoms with Crippen molar-refractivity contribution in [3.63, 3.8) is 0 Å². The summed E-state index contributed by atoms with van der Waals surface area (Å²) in [5, 5.41) is 1.20. The smallest absolute Gasteiger partial charge is 0.211 e. The summed E-state index contributed by atoms with van der Waals surface area (Å²) < 4.78 is 20.6. The third-order valence-corrected chi connectivity index (χ3v) is 2.24. The molecule has 0 aromatic heterocycles. The zero-order valence-corrected chi connectivity index (χ0v) is 8.66. The average molecular weight is 212 g/mol. The van der Waals surface area contributed by atoms with Gasteiger partial charge in [0.2, 0.25) is 10.3 Å². The van der Waals surface area contributed by atoms with Crippen LogP contribution in [0, 0.1) is 0 Å². The van der Waals surface area contributed by atoms with Crippen LogP contribution in [0.4, 0.5) is 11.4 Å². The van der Waals surface area contributed by atoms with Crippen molar-refractivity contribution >= 4 is 27.0 Å². The molecule has 0 saturated heterocycles. The fourth-order valence-electron chi connectivity index (χ4n) is 1.01. The second kappa shape index (κ2) is 4.66. The first-order chi connectivity index (χ1) is 6.59. The van der Waals surface area contributed by atoms with Crippen molar-refractivity contribution in [1.82, 2.24) is 0 Å². The van der Waals surface area contributed by atoms with E-state index in [-0.39, 0.29) is 0 Å². The molecule has 4 nitrogen and oxygen atoms in total. The van der Waals surface area contributed by atoms with Gasteiger partial charge in [0.25, 0.3) is 0 Å². The quantitative estimate of drug-likeness (QED) is 0.581. The summed E-state index contributed by atoms with van der Waals surface area (Å²) in [5.41, 5.74) is 7.15. The van der Waals surface area contributed by atoms with Crippen LogP contribution in [0.5, 0.6) is 0 Å². The minimum absolute atomic E-state index is 0.361. The van der Waals surface area contributed by atoms with Gasteiger partial charge in [0, 0.05) is 18.4 Å². The topological polar surface area (TPSA) is 63.4 Å². The Morgan fingerprint density at radius 3 is 2.43 bits per heavy atom. The van der Waals surface area contributed by atoms with E-state index in [1.165, 1.54) is 5.37 Å². The molecule has 0 amide bonds. The SMILES string of the molecule is CN(CC=S(=O)=O)c1ccc(N)cc1. The number of nitrogens with zero attached hydrogens (tertiary/aromatic N) is 1. The molecule has 2 N–H and O–H groups in total. The maximum absolute atomic E-state index is 10.3. The highest BCUT2D eigenvalue weighted by molar-refractivity contribution is 7.71. The molecule has 0 fully saturated rings. The van der Waals surface area contributed by atoms with Gasteiger partial charge in [0.15, 0.2) is 0 Å². The Kier molecular flexibility index (Phi) is 3.53. The van der Waals surface area contributed by atoms with Crippen LogP contribution in [0.1, 0.15) is 0 Å². The standard InChI is InChI=1S/C9H12N2O2S/c1-11(6-7-14(12)13)9-4-2-8(10)3-5-9/h2-5,7H,6,10H2,1H3. The first-order valence-electron chi connectivity index (χ1n) is 4.07. The number of hydrogen-bond acceptors (Lipinski definition) is 4. The molecule has 1 aromatic rings. The van der Waals surface area contributed by atoms with Crippen molar-refractivity contribution in [3.8, 4) is 0 Å². The third-order valence-electron chi connectivity index (χ3n) is 1.82. The molecule has 0 aliphatic carbocycles. The second-order valence-electron chi connectivity index (χ2n) is 2.90. The van der Waals surface area contributed by atoms with Crippen molar-refractivity contribution in [2.75, 3.05) is 24.2 Å². The molecule has 0 unspecified atom stereocenters. The van der Waals surface area contributed by atoms with E-state index in [4.69, 9.17) is 5.73 Å². The summed E-state index contributed by atoms with van der Waals surface area (Å²) in [6, 6.07) is 7.24. The van der Waals surface area contributed by atoms with Gasteiger partial charge in [-0.05, 0) is 24.3 Å². The van der Waals surface area contributed by atoms with Crippen molar-refractivity contribution in [2.45, 2.75) is 0 Å². The molecule has 1 aromatic carbocycles. The molecule has 5 heteroatoms. The van der Waals surface area contributed by atoms with Gasteiger partial charge in [-0.3, -0.25) is 0 Å². The number of nitrogens with two attached hydrogens (primary N) is 1. The van der Waals surface area contributed by atoms with Gasteiger partial charge in [-0.2, -0.15) is 8.42 Å². The summed E-state index contributed by atoms with van der Waals surface area (Å²) in [6.45, 7) is 0.361. The van der Waals surface area contributed by atoms with Gasteiger partial charge in [0.05, 0.1) is 11.9 Å². The summed E-state index contributed by atoms with van der Waals surface area (Å²) in [6.07, 6.45) is 0. The summed E-state index contributed by atoms with van der Waals surface area (Å²) in [7, 11) is -0.291. The second-order valence-corrected chi connectivity index (χ2v) is 3.75.